The van der Waals surface area contributed by atoms with Crippen LogP contribution in [0.15, 0.2) is 42.9 Å². The number of aromatic amines is 1. The Labute approximate surface area is 232 Å². The molecule has 2 aliphatic rings. The maximum absolute atomic E-state index is 14.0. The molecular weight excluding hydrogens is 509 g/mol. The Morgan fingerprint density at radius 2 is 1.93 bits per heavy atom. The maximum atomic E-state index is 14.0. The SMILES string of the molecule is Cc1cc(Nc2cc(C)[nH]n2)nc(C2CCC3(CCCN(C(C)c4ccc(-n5cc(F)cn5)nc4)C3=O)CC2)n1. The number of likely N-dealkylation sites (tertiary alicyclic amines) is 1. The minimum absolute atomic E-state index is 0.0993. The number of aryl methyl sites for hydroxylation is 2. The van der Waals surface area contributed by atoms with E-state index in [0.717, 1.165) is 85.7 Å². The Kier molecular flexibility index (Phi) is 6.81. The molecule has 4 aromatic rings. The standard InChI is InChI=1S/C29H34FN9O/c1-18-13-24(34-25-14-19(2)36-37-25)35-27(33-18)21-7-10-29(11-8-21)9-4-12-38(28(29)40)20(3)22-5-6-26(31-15-22)39-17-23(30)16-32-39/h5-6,13-17,20-21H,4,7-12H2,1-3H3,(H2,33,34,35,36,37). The van der Waals surface area contributed by atoms with Gasteiger partial charge in [0.2, 0.25) is 5.91 Å². The number of anilines is 2. The molecule has 0 bridgehead atoms. The zero-order chi connectivity index (χ0) is 27.9. The van der Waals surface area contributed by atoms with E-state index in [2.05, 4.69) is 32.5 Å². The van der Waals surface area contributed by atoms with Crippen LogP contribution in [-0.4, -0.2) is 52.3 Å². The van der Waals surface area contributed by atoms with Gasteiger partial charge in [-0.05, 0) is 70.9 Å². The van der Waals surface area contributed by atoms with Crippen molar-refractivity contribution in [1.29, 1.82) is 0 Å². The van der Waals surface area contributed by atoms with Gasteiger partial charge >= 0.3 is 0 Å². The van der Waals surface area contributed by atoms with E-state index in [1.165, 1.54) is 10.9 Å². The molecule has 0 radical (unpaired) electrons. The molecule has 1 amide bonds. The van der Waals surface area contributed by atoms with E-state index < -0.39 is 5.82 Å². The van der Waals surface area contributed by atoms with E-state index in [1.807, 2.05) is 43.0 Å². The summed E-state index contributed by atoms with van der Waals surface area (Å²) in [5.41, 5.74) is 2.51. The van der Waals surface area contributed by atoms with E-state index in [-0.39, 0.29) is 23.3 Å². The molecule has 1 aliphatic heterocycles. The first-order valence-corrected chi connectivity index (χ1v) is 13.9. The van der Waals surface area contributed by atoms with Crippen molar-refractivity contribution in [3.63, 3.8) is 0 Å². The van der Waals surface area contributed by atoms with Gasteiger partial charge in [0.15, 0.2) is 17.5 Å². The molecule has 11 heteroatoms. The second-order valence-corrected chi connectivity index (χ2v) is 11.2. The van der Waals surface area contributed by atoms with Crippen LogP contribution in [0.3, 0.4) is 0 Å². The lowest BCUT2D eigenvalue weighted by molar-refractivity contribution is -0.151. The van der Waals surface area contributed by atoms with Gasteiger partial charge in [0.05, 0.1) is 18.4 Å². The highest BCUT2D eigenvalue weighted by Gasteiger charge is 2.47. The highest BCUT2D eigenvalue weighted by molar-refractivity contribution is 5.84. The number of rotatable bonds is 6. The molecule has 4 aromatic heterocycles. The van der Waals surface area contributed by atoms with Crippen LogP contribution in [0.25, 0.3) is 5.82 Å². The lowest BCUT2D eigenvalue weighted by Gasteiger charge is -2.47. The van der Waals surface area contributed by atoms with Crippen LogP contribution in [0.5, 0.6) is 0 Å². The Morgan fingerprint density at radius 1 is 1.10 bits per heavy atom. The number of nitrogens with one attached hydrogen (secondary N) is 2. The van der Waals surface area contributed by atoms with Crippen molar-refractivity contribution in [2.75, 3.05) is 11.9 Å². The van der Waals surface area contributed by atoms with Gasteiger partial charge in [0.1, 0.15) is 11.6 Å². The number of carbonyl (C=O) groups is 1. The molecular formula is C29H34FN9O. The Morgan fingerprint density at radius 3 is 2.60 bits per heavy atom. The van der Waals surface area contributed by atoms with Crippen LogP contribution < -0.4 is 5.32 Å². The first-order chi connectivity index (χ1) is 19.3. The molecule has 1 saturated heterocycles. The highest BCUT2D eigenvalue weighted by Crippen LogP contribution is 2.49. The second kappa shape index (κ2) is 10.4. The summed E-state index contributed by atoms with van der Waals surface area (Å²) in [4.78, 5) is 30.0. The van der Waals surface area contributed by atoms with Gasteiger partial charge in [-0.3, -0.25) is 9.89 Å². The van der Waals surface area contributed by atoms with Crippen molar-refractivity contribution in [2.45, 2.75) is 71.3 Å². The third kappa shape index (κ3) is 5.07. The molecule has 5 heterocycles. The maximum Gasteiger partial charge on any atom is 0.229 e. The topological polar surface area (TPSA) is 118 Å². The van der Waals surface area contributed by atoms with E-state index in [9.17, 15) is 9.18 Å². The molecule has 10 nitrogen and oxygen atoms in total. The predicted molar refractivity (Wildman–Crippen MR) is 148 cm³/mol. The zero-order valence-electron chi connectivity index (χ0n) is 23.1. The van der Waals surface area contributed by atoms with Crippen molar-refractivity contribution in [2.24, 2.45) is 5.41 Å². The molecule has 2 N–H and O–H groups in total. The molecule has 1 unspecified atom stereocenters. The smallest absolute Gasteiger partial charge is 0.229 e. The monoisotopic (exact) mass is 543 g/mol. The first-order valence-electron chi connectivity index (χ1n) is 13.9. The van der Waals surface area contributed by atoms with E-state index >= 15 is 0 Å². The van der Waals surface area contributed by atoms with Gasteiger partial charge in [-0.2, -0.15) is 10.2 Å². The molecule has 1 atom stereocenters. The summed E-state index contributed by atoms with van der Waals surface area (Å²) in [5.74, 6) is 2.89. The lowest BCUT2D eigenvalue weighted by Crippen LogP contribution is -2.50. The molecule has 1 aliphatic carbocycles. The van der Waals surface area contributed by atoms with Crippen LogP contribution in [-0.2, 0) is 4.79 Å². The van der Waals surface area contributed by atoms with Crippen LogP contribution in [0, 0.1) is 25.1 Å². The number of carbonyl (C=O) groups excluding carboxylic acids is 1. The summed E-state index contributed by atoms with van der Waals surface area (Å²) in [5, 5.41) is 14.4. The number of hydrogen-bond donors (Lipinski definition) is 2. The normalized spacial score (nSPS) is 22.1. The Hall–Kier alpha value is -4.15. The Bertz CT molecular complexity index is 1500. The summed E-state index contributed by atoms with van der Waals surface area (Å²) in [6.45, 7) is 6.73. The van der Waals surface area contributed by atoms with Crippen LogP contribution >= 0.6 is 0 Å². The number of nitrogens with zero attached hydrogens (tertiary/aromatic N) is 7. The number of hydrogen-bond acceptors (Lipinski definition) is 7. The first kappa shape index (κ1) is 26.1. The third-order valence-electron chi connectivity index (χ3n) is 8.42. The molecule has 40 heavy (non-hydrogen) atoms. The van der Waals surface area contributed by atoms with Gasteiger partial charge in [0, 0.05) is 47.6 Å². The number of aromatic nitrogens is 7. The van der Waals surface area contributed by atoms with Gasteiger partial charge in [-0.15, -0.1) is 0 Å². The minimum Gasteiger partial charge on any atom is -0.335 e. The van der Waals surface area contributed by atoms with Gasteiger partial charge in [-0.25, -0.2) is 24.0 Å². The average molecular weight is 544 g/mol. The summed E-state index contributed by atoms with van der Waals surface area (Å²) in [6, 6.07) is 7.53. The summed E-state index contributed by atoms with van der Waals surface area (Å²) >= 11 is 0. The largest absolute Gasteiger partial charge is 0.335 e. The van der Waals surface area contributed by atoms with Crippen LogP contribution in [0.4, 0.5) is 16.0 Å². The van der Waals surface area contributed by atoms with Gasteiger partial charge in [0.25, 0.3) is 0 Å². The molecule has 2 fully saturated rings. The fourth-order valence-corrected chi connectivity index (χ4v) is 6.20. The zero-order valence-corrected chi connectivity index (χ0v) is 23.1. The van der Waals surface area contributed by atoms with Gasteiger partial charge in [-0.1, -0.05) is 6.07 Å². The summed E-state index contributed by atoms with van der Waals surface area (Å²) in [6.07, 6.45) is 9.54. The van der Waals surface area contributed by atoms with E-state index in [1.54, 1.807) is 6.20 Å². The molecule has 6 rings (SSSR count). The van der Waals surface area contributed by atoms with Crippen LogP contribution in [0.2, 0.25) is 0 Å². The predicted octanol–water partition coefficient (Wildman–Crippen LogP) is 5.31. The molecule has 1 saturated carbocycles. The number of amides is 1. The quantitative estimate of drug-likeness (QED) is 0.339. The van der Waals surface area contributed by atoms with Crippen LogP contribution in [0.1, 0.15) is 80.2 Å². The Balaban J connectivity index is 1.13. The van der Waals surface area contributed by atoms with Crippen molar-refractivity contribution >= 4 is 17.5 Å². The summed E-state index contributed by atoms with van der Waals surface area (Å²) < 4.78 is 14.8. The fourth-order valence-electron chi connectivity index (χ4n) is 6.20. The molecule has 1 spiro atoms. The number of piperidine rings is 1. The fraction of sp³-hybridized carbons (Fsp3) is 0.448. The van der Waals surface area contributed by atoms with Crippen molar-refractivity contribution in [1.82, 2.24) is 39.8 Å². The lowest BCUT2D eigenvalue weighted by atomic mass is 9.65. The number of halogens is 1. The summed E-state index contributed by atoms with van der Waals surface area (Å²) in [7, 11) is 0. The third-order valence-corrected chi connectivity index (χ3v) is 8.42. The van der Waals surface area contributed by atoms with Crippen molar-refractivity contribution < 1.29 is 9.18 Å². The number of pyridine rings is 1. The van der Waals surface area contributed by atoms with E-state index in [4.69, 9.17) is 9.97 Å². The van der Waals surface area contributed by atoms with Crippen molar-refractivity contribution in [3.8, 4) is 5.82 Å². The second-order valence-electron chi connectivity index (χ2n) is 11.2. The molecule has 0 aromatic carbocycles. The highest BCUT2D eigenvalue weighted by atomic mass is 19.1. The molecule has 208 valence electrons. The average Bonchev–Trinajstić information content (AvgIpc) is 3.57. The minimum atomic E-state index is -0.409. The number of H-pyrrole nitrogens is 1. The van der Waals surface area contributed by atoms with Gasteiger partial charge < -0.3 is 10.2 Å². The van der Waals surface area contributed by atoms with E-state index in [0.29, 0.717) is 5.82 Å². The van der Waals surface area contributed by atoms with Crippen molar-refractivity contribution in [3.05, 3.63) is 71.4 Å².